The highest BCUT2D eigenvalue weighted by molar-refractivity contribution is 7.89. The summed E-state index contributed by atoms with van der Waals surface area (Å²) >= 11 is 0. The molecule has 0 bridgehead atoms. The van der Waals surface area contributed by atoms with Crippen molar-refractivity contribution in [1.82, 2.24) is 9.03 Å². The summed E-state index contributed by atoms with van der Waals surface area (Å²) in [6.07, 6.45) is 1.53. The Morgan fingerprint density at radius 1 is 0.656 bits per heavy atom. The Labute approximate surface area is 358 Å². The minimum absolute atomic E-state index is 0.216. The summed E-state index contributed by atoms with van der Waals surface area (Å²) in [5.74, 6) is -0.0000299. The predicted molar refractivity (Wildman–Crippen MR) is 236 cm³/mol. The van der Waals surface area contributed by atoms with E-state index >= 15 is 0 Å². The molecule has 2 aliphatic carbocycles. The second-order valence-electron chi connectivity index (χ2n) is 14.7. The maximum atomic E-state index is 13.4. The number of nitrogens with one attached hydrogen (secondary N) is 1. The summed E-state index contributed by atoms with van der Waals surface area (Å²) in [6, 6.07) is 32.3. The highest BCUT2D eigenvalue weighted by Crippen LogP contribution is 2.40. The van der Waals surface area contributed by atoms with Crippen molar-refractivity contribution in [3.63, 3.8) is 0 Å². The van der Waals surface area contributed by atoms with E-state index in [-0.39, 0.29) is 28.3 Å². The molecule has 0 heterocycles. The van der Waals surface area contributed by atoms with Gasteiger partial charge in [-0.2, -0.15) is 4.31 Å². The maximum absolute atomic E-state index is 13.4. The second-order valence-corrected chi connectivity index (χ2v) is 18.7. The average molecular weight is 863 g/mol. The number of carbonyl (C=O) groups excluding carboxylic acids is 2. The van der Waals surface area contributed by atoms with Gasteiger partial charge in [-0.05, 0) is 158 Å². The van der Waals surface area contributed by atoms with Crippen LogP contribution in [-0.2, 0) is 48.9 Å². The van der Waals surface area contributed by atoms with Crippen molar-refractivity contribution in [2.24, 2.45) is 0 Å². The molecule has 0 saturated carbocycles. The quantitative estimate of drug-likeness (QED) is 0.116. The lowest BCUT2D eigenvalue weighted by Crippen LogP contribution is -2.26. The molecule has 0 unspecified atom stereocenters. The number of methoxy groups -OCH3 is 1. The van der Waals surface area contributed by atoms with Gasteiger partial charge >= 0.3 is 11.9 Å². The van der Waals surface area contributed by atoms with Crippen LogP contribution in [0.25, 0.3) is 11.1 Å². The second kappa shape index (κ2) is 18.8. The van der Waals surface area contributed by atoms with E-state index in [4.69, 9.17) is 14.2 Å². The van der Waals surface area contributed by atoms with Crippen LogP contribution in [0.5, 0.6) is 5.75 Å². The average Bonchev–Trinajstić information content (AvgIpc) is 3.78. The van der Waals surface area contributed by atoms with Gasteiger partial charge in [-0.3, -0.25) is 0 Å². The fourth-order valence-electron chi connectivity index (χ4n) is 7.62. The SMILES string of the molecule is CCOC(=O)c1ccc2c(c1)C(c1cccc(S(=O)(=O)N(C)Cc3ccc(OC)cc3)c1)=C(C)C2.CCOC(=O)c1ccc2c(c1)C(c1cccc(S(=O)(=O)NC)c1)=C(C)C2. The number of fused-ring (bicyclic) bond motifs is 2. The molecule has 0 radical (unpaired) electrons. The molecule has 61 heavy (non-hydrogen) atoms. The molecular formula is C48H50N2O9S2. The first-order valence-electron chi connectivity index (χ1n) is 19.9. The standard InChI is InChI=1S/C28H29NO5S.C20H21NO4S/c1-5-34-28(30)23-12-11-21-15-19(2)27(26(21)17-23)22-7-6-8-25(16-22)35(31,32)29(3)18-20-9-13-24(33-4)14-10-20;1-4-25-20(22)16-9-8-14-10-13(2)19(18(14)12-16)15-6-5-7-17(11-15)26(23,24)21-3/h6-14,16-17H,5,15,18H2,1-4H3;5-9,11-12,21H,4,10H2,1-3H3. The largest absolute Gasteiger partial charge is 0.497 e. The number of nitrogens with zero attached hydrogens (tertiary/aromatic N) is 1. The molecule has 0 spiro atoms. The smallest absolute Gasteiger partial charge is 0.338 e. The van der Waals surface area contributed by atoms with Gasteiger partial charge in [0.1, 0.15) is 5.75 Å². The number of allylic oxidation sites excluding steroid dienone is 2. The lowest BCUT2D eigenvalue weighted by molar-refractivity contribution is 0.0516. The van der Waals surface area contributed by atoms with Crippen LogP contribution in [0, 0.1) is 0 Å². The monoisotopic (exact) mass is 862 g/mol. The molecule has 0 fully saturated rings. The molecule has 13 heteroatoms. The van der Waals surface area contributed by atoms with E-state index < -0.39 is 20.0 Å². The highest BCUT2D eigenvalue weighted by atomic mass is 32.2. The first kappa shape index (κ1) is 44.7. The molecule has 5 aromatic carbocycles. The van der Waals surface area contributed by atoms with Crippen molar-refractivity contribution >= 4 is 43.1 Å². The molecule has 2 aliphatic rings. The normalized spacial score (nSPS) is 13.4. The van der Waals surface area contributed by atoms with E-state index in [1.807, 2.05) is 74.5 Å². The zero-order valence-electron chi connectivity index (χ0n) is 35.4. The fraction of sp³-hybridized carbons (Fsp3) is 0.250. The molecule has 0 saturated heterocycles. The van der Waals surface area contributed by atoms with Crippen LogP contribution in [0.3, 0.4) is 0 Å². The Hall–Kier alpha value is -5.86. The number of ether oxygens (including phenoxy) is 3. The molecule has 0 amide bonds. The lowest BCUT2D eigenvalue weighted by Gasteiger charge is -2.18. The number of benzene rings is 5. The predicted octanol–water partition coefficient (Wildman–Crippen LogP) is 8.22. The van der Waals surface area contributed by atoms with Crippen molar-refractivity contribution in [2.75, 3.05) is 34.4 Å². The number of hydrogen-bond acceptors (Lipinski definition) is 9. The van der Waals surface area contributed by atoms with Crippen LogP contribution in [0.2, 0.25) is 0 Å². The van der Waals surface area contributed by atoms with Crippen LogP contribution in [0.15, 0.2) is 130 Å². The number of carbonyl (C=O) groups is 2. The van der Waals surface area contributed by atoms with Crippen molar-refractivity contribution < 1.29 is 40.6 Å². The van der Waals surface area contributed by atoms with E-state index in [1.165, 1.54) is 11.4 Å². The van der Waals surface area contributed by atoms with Crippen molar-refractivity contribution in [3.8, 4) is 5.75 Å². The third-order valence-corrected chi connectivity index (χ3v) is 13.9. The molecule has 1 N–H and O–H groups in total. The van der Waals surface area contributed by atoms with E-state index in [2.05, 4.69) is 4.72 Å². The number of esters is 2. The Balaban J connectivity index is 0.000000213. The van der Waals surface area contributed by atoms with E-state index in [0.717, 1.165) is 79.8 Å². The molecular weight excluding hydrogens is 813 g/mol. The molecule has 0 aliphatic heterocycles. The first-order valence-corrected chi connectivity index (χ1v) is 22.8. The van der Waals surface area contributed by atoms with Gasteiger partial charge < -0.3 is 14.2 Å². The molecule has 0 atom stereocenters. The van der Waals surface area contributed by atoms with Crippen LogP contribution in [-0.4, -0.2) is 67.5 Å². The van der Waals surface area contributed by atoms with Gasteiger partial charge in [0.25, 0.3) is 0 Å². The van der Waals surface area contributed by atoms with Crippen molar-refractivity contribution in [3.05, 3.63) is 170 Å². The summed E-state index contributed by atoms with van der Waals surface area (Å²) < 4.78 is 70.1. The van der Waals surface area contributed by atoms with E-state index in [0.29, 0.717) is 24.3 Å². The van der Waals surface area contributed by atoms with Crippen LogP contribution in [0.4, 0.5) is 0 Å². The third-order valence-electron chi connectivity index (χ3n) is 10.6. The zero-order valence-corrected chi connectivity index (χ0v) is 37.0. The number of rotatable bonds is 13. The maximum Gasteiger partial charge on any atom is 0.338 e. The summed E-state index contributed by atoms with van der Waals surface area (Å²) in [5, 5.41) is 0. The topological polar surface area (TPSA) is 145 Å². The van der Waals surface area contributed by atoms with Crippen LogP contribution < -0.4 is 9.46 Å². The summed E-state index contributed by atoms with van der Waals surface area (Å²) in [5.41, 5.74) is 11.8. The fourth-order valence-corrected chi connectivity index (χ4v) is 9.60. The van der Waals surface area contributed by atoms with Gasteiger partial charge in [0, 0.05) is 13.6 Å². The molecule has 5 aromatic rings. The van der Waals surface area contributed by atoms with Crippen molar-refractivity contribution in [1.29, 1.82) is 0 Å². The Bertz CT molecular complexity index is 2770. The van der Waals surface area contributed by atoms with Gasteiger partial charge in [0.15, 0.2) is 0 Å². The van der Waals surface area contributed by atoms with Crippen LogP contribution >= 0.6 is 0 Å². The first-order chi connectivity index (χ1) is 29.1. The van der Waals surface area contributed by atoms with E-state index in [9.17, 15) is 26.4 Å². The van der Waals surface area contributed by atoms with Crippen molar-refractivity contribution in [2.45, 2.75) is 56.9 Å². The summed E-state index contributed by atoms with van der Waals surface area (Å²) in [6.45, 7) is 8.48. The van der Waals surface area contributed by atoms with E-state index in [1.54, 1.807) is 76.5 Å². The summed E-state index contributed by atoms with van der Waals surface area (Å²) in [4.78, 5) is 24.8. The van der Waals surface area contributed by atoms with Gasteiger partial charge in [-0.15, -0.1) is 0 Å². The minimum Gasteiger partial charge on any atom is -0.497 e. The Kier molecular flexibility index (Phi) is 13.8. The molecule has 0 aromatic heterocycles. The van der Waals surface area contributed by atoms with Gasteiger partial charge in [0.05, 0.1) is 41.2 Å². The van der Waals surface area contributed by atoms with Gasteiger partial charge in [0.2, 0.25) is 20.0 Å². The molecule has 318 valence electrons. The molecule has 7 rings (SSSR count). The van der Waals surface area contributed by atoms with Crippen LogP contribution in [0.1, 0.15) is 87.4 Å². The summed E-state index contributed by atoms with van der Waals surface area (Å²) in [7, 11) is -2.68. The Morgan fingerprint density at radius 3 is 1.59 bits per heavy atom. The number of sulfonamides is 2. The number of hydrogen-bond donors (Lipinski definition) is 1. The highest BCUT2D eigenvalue weighted by Gasteiger charge is 2.27. The lowest BCUT2D eigenvalue weighted by atomic mass is 9.96. The van der Waals surface area contributed by atoms with Gasteiger partial charge in [-0.25, -0.2) is 31.1 Å². The Morgan fingerprint density at radius 2 is 1.13 bits per heavy atom. The zero-order chi connectivity index (χ0) is 44.1. The molecule has 11 nitrogen and oxygen atoms in total. The third kappa shape index (κ3) is 9.71. The minimum atomic E-state index is -3.72. The van der Waals surface area contributed by atoms with Gasteiger partial charge in [-0.1, -0.05) is 59.7 Å².